The molecule has 6 aliphatic rings. The van der Waals surface area contributed by atoms with Gasteiger partial charge in [0.2, 0.25) is 0 Å². The highest BCUT2D eigenvalue weighted by Gasteiger charge is 2.76. The smallest absolute Gasteiger partial charge is 0.305 e. The second-order valence-electron chi connectivity index (χ2n) is 11.7. The Hall–Kier alpha value is 0.390. The van der Waals surface area contributed by atoms with Crippen LogP contribution in [0.4, 0.5) is 0 Å². The van der Waals surface area contributed by atoms with Gasteiger partial charge in [-0.25, -0.2) is 0 Å². The summed E-state index contributed by atoms with van der Waals surface area (Å²) in [5, 5.41) is 0. The van der Waals surface area contributed by atoms with E-state index in [2.05, 4.69) is 52.6 Å². The number of hydrogen-bond acceptors (Lipinski definition) is 3. The van der Waals surface area contributed by atoms with Crippen molar-refractivity contribution < 1.29 is 14.3 Å². The molecule has 0 amide bonds. The van der Waals surface area contributed by atoms with E-state index in [1.54, 1.807) is 0 Å². The molecule has 0 N–H and O–H groups in total. The average Bonchev–Trinajstić information content (AvgIpc) is 3.08. The molecule has 0 aromatic carbocycles. The Balaban J connectivity index is 1.48. The van der Waals surface area contributed by atoms with Crippen LogP contribution in [0.2, 0.25) is 0 Å². The van der Waals surface area contributed by atoms with Crippen LogP contribution in [-0.4, -0.2) is 34.4 Å². The third-order valence-electron chi connectivity index (χ3n) is 10.9. The molecule has 1 spiro atoms. The Morgan fingerprint density at radius 3 is 2.57 bits per heavy atom. The van der Waals surface area contributed by atoms with Crippen molar-refractivity contribution in [2.24, 2.45) is 40.4 Å². The zero-order valence-corrected chi connectivity index (χ0v) is 22.1. The fourth-order valence-electron chi connectivity index (χ4n) is 9.40. The van der Waals surface area contributed by atoms with Crippen molar-refractivity contribution in [2.75, 3.05) is 7.11 Å². The minimum atomic E-state index is -0.0733. The molecule has 4 saturated carbocycles. The van der Waals surface area contributed by atoms with Crippen molar-refractivity contribution >= 4 is 37.8 Å². The van der Waals surface area contributed by atoms with Gasteiger partial charge in [0.1, 0.15) is 0 Å². The zero-order valence-electron chi connectivity index (χ0n) is 19.0. The first-order valence-corrected chi connectivity index (χ1v) is 14.1. The average molecular weight is 546 g/mol. The summed E-state index contributed by atoms with van der Waals surface area (Å²) in [4.78, 5) is 12.5. The van der Waals surface area contributed by atoms with Gasteiger partial charge in [0, 0.05) is 16.7 Å². The lowest BCUT2D eigenvalue weighted by Crippen LogP contribution is -2.77. The van der Waals surface area contributed by atoms with E-state index in [1.807, 2.05) is 0 Å². The first-order chi connectivity index (χ1) is 14.2. The second kappa shape index (κ2) is 7.45. The molecule has 6 fully saturated rings. The predicted molar refractivity (Wildman–Crippen MR) is 126 cm³/mol. The first kappa shape index (κ1) is 22.2. The summed E-state index contributed by atoms with van der Waals surface area (Å²) >= 11 is 8.57. The van der Waals surface area contributed by atoms with Gasteiger partial charge in [0.05, 0.1) is 23.6 Å². The number of carbonyl (C=O) groups is 1. The summed E-state index contributed by atoms with van der Waals surface area (Å²) in [7, 11) is 1.50. The molecular weight excluding hydrogens is 508 g/mol. The van der Waals surface area contributed by atoms with Gasteiger partial charge in [-0.05, 0) is 86.4 Å². The molecule has 2 unspecified atom stereocenters. The van der Waals surface area contributed by atoms with Crippen LogP contribution < -0.4 is 0 Å². The zero-order chi connectivity index (χ0) is 21.5. The number of rotatable bonds is 4. The third-order valence-corrected chi connectivity index (χ3v) is 14.4. The quantitative estimate of drug-likeness (QED) is 0.298. The molecule has 0 radical (unpaired) electrons. The molecule has 2 heterocycles. The Kier molecular flexibility index (Phi) is 5.51. The van der Waals surface area contributed by atoms with E-state index in [4.69, 9.17) is 9.47 Å². The summed E-state index contributed by atoms with van der Waals surface area (Å²) in [5.74, 6) is 3.29. The van der Waals surface area contributed by atoms with Gasteiger partial charge in [0.25, 0.3) is 0 Å². The van der Waals surface area contributed by atoms with Gasteiger partial charge in [0.15, 0.2) is 0 Å². The van der Waals surface area contributed by atoms with Crippen molar-refractivity contribution in [1.82, 2.24) is 0 Å². The van der Waals surface area contributed by atoms with Crippen molar-refractivity contribution in [3.8, 4) is 0 Å². The maximum absolute atomic E-state index is 11.8. The number of esters is 1. The molecule has 0 aromatic heterocycles. The van der Waals surface area contributed by atoms with E-state index in [9.17, 15) is 4.79 Å². The van der Waals surface area contributed by atoms with Gasteiger partial charge in [-0.1, -0.05) is 52.6 Å². The molecule has 2 aliphatic heterocycles. The van der Waals surface area contributed by atoms with Gasteiger partial charge >= 0.3 is 5.97 Å². The molecule has 6 rings (SSSR count). The van der Waals surface area contributed by atoms with Crippen LogP contribution in [0.3, 0.4) is 0 Å². The summed E-state index contributed by atoms with van der Waals surface area (Å²) in [6, 6.07) is 0. The van der Waals surface area contributed by atoms with Gasteiger partial charge in [-0.3, -0.25) is 4.79 Å². The van der Waals surface area contributed by atoms with Crippen molar-refractivity contribution in [3.05, 3.63) is 0 Å². The van der Waals surface area contributed by atoms with Crippen molar-refractivity contribution in [1.29, 1.82) is 0 Å². The van der Waals surface area contributed by atoms with Crippen LogP contribution in [0.5, 0.6) is 0 Å². The maximum Gasteiger partial charge on any atom is 0.305 e. The predicted octanol–water partition coefficient (Wildman–Crippen LogP) is 6.50. The molecular formula is C25H38Br2O3. The monoisotopic (exact) mass is 544 g/mol. The van der Waals surface area contributed by atoms with E-state index in [-0.39, 0.29) is 17.0 Å². The lowest BCUT2D eigenvalue weighted by atomic mass is 9.40. The standard InChI is InChI=1S/C25H38Br2O3/c1-14(5-10-20(28)29-4)17-8-9-18-19-7-6-15-13-16-11-12-23(15,2)25(19,30-16)22(27)21(26)24(17,18)3/h14-19,21-22H,5-13H2,1-4H3/t14-,15-,16?,17-,18+,19?,21-,22-,23+,24-,25+/m1/s1. The highest BCUT2D eigenvalue weighted by molar-refractivity contribution is 9.12. The van der Waals surface area contributed by atoms with E-state index in [0.717, 1.165) is 12.3 Å². The molecule has 3 nitrogen and oxygen atoms in total. The molecule has 5 heteroatoms. The normalized spacial score (nSPS) is 54.9. The van der Waals surface area contributed by atoms with E-state index >= 15 is 0 Å². The van der Waals surface area contributed by atoms with Crippen molar-refractivity contribution in [3.63, 3.8) is 0 Å². The maximum atomic E-state index is 11.8. The van der Waals surface area contributed by atoms with E-state index in [0.29, 0.717) is 51.3 Å². The molecule has 4 bridgehead atoms. The Morgan fingerprint density at radius 2 is 1.83 bits per heavy atom. The first-order valence-electron chi connectivity index (χ1n) is 12.2. The molecule has 11 atom stereocenters. The van der Waals surface area contributed by atoms with E-state index < -0.39 is 0 Å². The van der Waals surface area contributed by atoms with Crippen LogP contribution in [0.1, 0.15) is 78.6 Å². The van der Waals surface area contributed by atoms with Crippen LogP contribution in [-0.2, 0) is 14.3 Å². The number of methoxy groups -OCH3 is 1. The van der Waals surface area contributed by atoms with Gasteiger partial charge in [-0.2, -0.15) is 0 Å². The number of hydrogen-bond donors (Lipinski definition) is 0. The minimum absolute atomic E-state index is 0.0143. The summed E-state index contributed by atoms with van der Waals surface area (Å²) < 4.78 is 12.1. The Bertz CT molecular complexity index is 715. The topological polar surface area (TPSA) is 35.5 Å². The Labute approximate surface area is 199 Å². The largest absolute Gasteiger partial charge is 0.469 e. The molecule has 170 valence electrons. The molecule has 4 aliphatic carbocycles. The highest BCUT2D eigenvalue weighted by atomic mass is 79.9. The SMILES string of the molecule is COC(=O)CC[C@@H](C)[C@H]1CC[C@H]2C3CC[C@@H]4CC5CC[C@]4(C)[C@@]3(O5)[C@H](Br)[C@@H](Br)[C@]12C. The van der Waals surface area contributed by atoms with Crippen LogP contribution in [0.25, 0.3) is 0 Å². The minimum Gasteiger partial charge on any atom is -0.469 e. The van der Waals surface area contributed by atoms with Crippen LogP contribution in [0.15, 0.2) is 0 Å². The number of ether oxygens (including phenoxy) is 2. The number of halogens is 2. The fourth-order valence-corrected chi connectivity index (χ4v) is 12.0. The van der Waals surface area contributed by atoms with Crippen LogP contribution >= 0.6 is 31.9 Å². The van der Waals surface area contributed by atoms with Gasteiger partial charge < -0.3 is 9.47 Å². The molecule has 0 aromatic rings. The van der Waals surface area contributed by atoms with E-state index in [1.165, 1.54) is 52.1 Å². The van der Waals surface area contributed by atoms with Gasteiger partial charge in [-0.15, -0.1) is 0 Å². The lowest BCUT2D eigenvalue weighted by Gasteiger charge is -2.74. The highest BCUT2D eigenvalue weighted by Crippen LogP contribution is 2.75. The Morgan fingerprint density at radius 1 is 1.10 bits per heavy atom. The number of carbonyl (C=O) groups excluding carboxylic acids is 1. The van der Waals surface area contributed by atoms with Crippen LogP contribution in [0, 0.1) is 40.4 Å². The summed E-state index contributed by atoms with van der Waals surface area (Å²) in [5.41, 5.74) is 0.531. The second-order valence-corrected chi connectivity index (χ2v) is 13.6. The van der Waals surface area contributed by atoms with Crippen molar-refractivity contribution in [2.45, 2.75) is 99.9 Å². The lowest BCUT2D eigenvalue weighted by molar-refractivity contribution is -0.325. The summed E-state index contributed by atoms with van der Waals surface area (Å²) in [6.45, 7) is 7.49. The summed E-state index contributed by atoms with van der Waals surface area (Å²) in [6.07, 6.45) is 11.1. The fraction of sp³-hybridized carbons (Fsp3) is 0.960. The number of alkyl halides is 2. The number of fused-ring (bicyclic) bond motifs is 3. The third kappa shape index (κ3) is 2.67. The molecule has 2 saturated heterocycles. The molecule has 30 heavy (non-hydrogen) atoms.